The monoisotopic (exact) mass is 495 g/mol. The van der Waals surface area contributed by atoms with Gasteiger partial charge in [0.25, 0.3) is 0 Å². The van der Waals surface area contributed by atoms with Gasteiger partial charge in [0.15, 0.2) is 0 Å². The zero-order chi connectivity index (χ0) is 25.2. The van der Waals surface area contributed by atoms with Crippen molar-refractivity contribution in [1.82, 2.24) is 5.32 Å². The Morgan fingerprint density at radius 2 is 1.44 bits per heavy atom. The average molecular weight is 496 g/mol. The van der Waals surface area contributed by atoms with Crippen LogP contribution in [0.15, 0.2) is 61.2 Å². The summed E-state index contributed by atoms with van der Waals surface area (Å²) in [7, 11) is 0. The maximum atomic E-state index is 12.6. The lowest BCUT2D eigenvalue weighted by molar-refractivity contribution is -0.139. The maximum absolute atomic E-state index is 12.6. The third-order valence-electron chi connectivity index (χ3n) is 5.37. The first-order valence-corrected chi connectivity index (χ1v) is 11.8. The predicted molar refractivity (Wildman–Crippen MR) is 134 cm³/mol. The molecule has 9 nitrogen and oxygen atoms in total. The minimum atomic E-state index is -0.575. The fourth-order valence-electron chi connectivity index (χ4n) is 3.59. The van der Waals surface area contributed by atoms with E-state index in [-0.39, 0.29) is 25.9 Å². The molecule has 9 heteroatoms. The van der Waals surface area contributed by atoms with Crippen LogP contribution in [0, 0.1) is 0 Å². The number of hydrogen-bond donors (Lipinski definition) is 1. The van der Waals surface area contributed by atoms with Crippen LogP contribution in [0.5, 0.6) is 11.5 Å². The molecular formula is C27H29NO8. The summed E-state index contributed by atoms with van der Waals surface area (Å²) in [5.74, 6) is 0.737. The molecule has 190 valence electrons. The van der Waals surface area contributed by atoms with Crippen LogP contribution in [0.4, 0.5) is 4.79 Å². The van der Waals surface area contributed by atoms with Gasteiger partial charge in [-0.3, -0.25) is 0 Å². The summed E-state index contributed by atoms with van der Waals surface area (Å²) in [6, 6.07) is 15.4. The number of carbonyl (C=O) groups excluding carboxylic acids is 2. The first-order valence-electron chi connectivity index (χ1n) is 11.8. The van der Waals surface area contributed by atoms with Crippen molar-refractivity contribution in [1.29, 1.82) is 0 Å². The third kappa shape index (κ3) is 6.94. The molecule has 1 aliphatic heterocycles. The molecule has 0 aromatic heterocycles. The van der Waals surface area contributed by atoms with Gasteiger partial charge in [-0.1, -0.05) is 55.1 Å². The summed E-state index contributed by atoms with van der Waals surface area (Å²) in [6.45, 7) is 6.18. The second-order valence-corrected chi connectivity index (χ2v) is 7.93. The smallest absolute Gasteiger partial charge is 0.412 e. The SMILES string of the molecule is C=CC(=O)OCCOCCOCCNC(=O)Oc1c2ccccc2c(OCC2CO2)c2ccccc12. The van der Waals surface area contributed by atoms with Gasteiger partial charge in [-0.25, -0.2) is 9.59 Å². The molecule has 1 aliphatic rings. The van der Waals surface area contributed by atoms with Gasteiger partial charge < -0.3 is 33.7 Å². The van der Waals surface area contributed by atoms with E-state index in [0.717, 1.165) is 33.4 Å². The second kappa shape index (κ2) is 12.9. The number of carbonyl (C=O) groups is 2. The molecule has 0 saturated carbocycles. The van der Waals surface area contributed by atoms with E-state index in [1.54, 1.807) is 0 Å². The Morgan fingerprint density at radius 1 is 0.889 bits per heavy atom. The van der Waals surface area contributed by atoms with Crippen LogP contribution in [0.2, 0.25) is 0 Å². The molecule has 1 fully saturated rings. The van der Waals surface area contributed by atoms with Gasteiger partial charge in [0, 0.05) is 34.2 Å². The standard InChI is InChI=1S/C27H29NO8/c1-2-24(29)33-16-15-32-14-13-31-12-11-28-27(30)36-26-22-9-5-3-7-20(22)25(35-18-19-17-34-19)21-8-4-6-10-23(21)26/h2-10,19H,1,11-18H2,(H,28,30). The molecule has 1 saturated heterocycles. The van der Waals surface area contributed by atoms with E-state index in [0.29, 0.717) is 38.8 Å². The highest BCUT2D eigenvalue weighted by Gasteiger charge is 2.25. The molecule has 1 amide bonds. The Labute approximate surface area is 208 Å². The van der Waals surface area contributed by atoms with Crippen LogP contribution in [-0.4, -0.2) is 71.0 Å². The quantitative estimate of drug-likeness (QED) is 0.119. The molecule has 1 heterocycles. The lowest BCUT2D eigenvalue weighted by Gasteiger charge is -2.17. The van der Waals surface area contributed by atoms with E-state index < -0.39 is 12.1 Å². The number of amides is 1. The molecule has 3 aromatic rings. The highest BCUT2D eigenvalue weighted by molar-refractivity contribution is 6.11. The van der Waals surface area contributed by atoms with Crippen LogP contribution in [0.1, 0.15) is 0 Å². The number of fused-ring (bicyclic) bond motifs is 2. The molecule has 1 N–H and O–H groups in total. The van der Waals surface area contributed by atoms with E-state index in [9.17, 15) is 9.59 Å². The molecule has 1 unspecified atom stereocenters. The molecule has 0 aliphatic carbocycles. The molecule has 0 radical (unpaired) electrons. The lowest BCUT2D eigenvalue weighted by Crippen LogP contribution is -2.30. The van der Waals surface area contributed by atoms with Gasteiger partial charge in [0.1, 0.15) is 30.8 Å². The van der Waals surface area contributed by atoms with Crippen molar-refractivity contribution in [3.63, 3.8) is 0 Å². The predicted octanol–water partition coefficient (Wildman–Crippen LogP) is 3.62. The Morgan fingerprint density at radius 3 is 2.03 bits per heavy atom. The van der Waals surface area contributed by atoms with Crippen LogP contribution in [0.25, 0.3) is 21.5 Å². The largest absolute Gasteiger partial charge is 0.489 e. The number of benzene rings is 3. The Kier molecular flexibility index (Phi) is 9.09. The number of esters is 1. The molecule has 4 rings (SSSR count). The van der Waals surface area contributed by atoms with Gasteiger partial charge in [-0.05, 0) is 0 Å². The number of hydrogen-bond acceptors (Lipinski definition) is 8. The van der Waals surface area contributed by atoms with E-state index in [4.69, 9.17) is 28.4 Å². The molecule has 36 heavy (non-hydrogen) atoms. The van der Waals surface area contributed by atoms with Crippen molar-refractivity contribution in [2.24, 2.45) is 0 Å². The second-order valence-electron chi connectivity index (χ2n) is 7.93. The zero-order valence-electron chi connectivity index (χ0n) is 19.9. The van der Waals surface area contributed by atoms with Crippen LogP contribution in [0.3, 0.4) is 0 Å². The number of epoxide rings is 1. The van der Waals surface area contributed by atoms with E-state index >= 15 is 0 Å². The molecule has 0 spiro atoms. The van der Waals surface area contributed by atoms with Crippen molar-refractivity contribution in [2.45, 2.75) is 6.10 Å². The molecule has 3 aromatic carbocycles. The number of rotatable bonds is 14. The van der Waals surface area contributed by atoms with E-state index in [2.05, 4.69) is 11.9 Å². The summed E-state index contributed by atoms with van der Waals surface area (Å²) in [5.41, 5.74) is 0. The van der Waals surface area contributed by atoms with Crippen LogP contribution < -0.4 is 14.8 Å². The van der Waals surface area contributed by atoms with Crippen molar-refractivity contribution in [2.75, 3.05) is 52.8 Å². The summed E-state index contributed by atoms with van der Waals surface area (Å²) >= 11 is 0. The lowest BCUT2D eigenvalue weighted by atomic mass is 10.0. The van der Waals surface area contributed by atoms with Gasteiger partial charge in [0.05, 0.1) is 33.0 Å². The van der Waals surface area contributed by atoms with Crippen LogP contribution >= 0.6 is 0 Å². The summed E-state index contributed by atoms with van der Waals surface area (Å²) in [6.07, 6.45) is 0.649. The molecule has 1 atom stereocenters. The highest BCUT2D eigenvalue weighted by atomic mass is 16.6. The topological polar surface area (TPSA) is 105 Å². The van der Waals surface area contributed by atoms with Gasteiger partial charge >= 0.3 is 12.1 Å². The normalized spacial score (nSPS) is 14.4. The van der Waals surface area contributed by atoms with Gasteiger partial charge in [0.2, 0.25) is 0 Å². The Bertz CT molecular complexity index is 1150. The molecular weight excluding hydrogens is 466 g/mol. The van der Waals surface area contributed by atoms with E-state index in [1.165, 1.54) is 0 Å². The minimum absolute atomic E-state index is 0.125. The van der Waals surface area contributed by atoms with Crippen LogP contribution in [-0.2, 0) is 23.7 Å². The Balaban J connectivity index is 1.29. The molecule has 0 bridgehead atoms. The average Bonchev–Trinajstić information content (AvgIpc) is 3.73. The fourth-order valence-corrected chi connectivity index (χ4v) is 3.59. The Hall–Kier alpha value is -3.66. The van der Waals surface area contributed by atoms with Crippen molar-refractivity contribution in [3.8, 4) is 11.5 Å². The van der Waals surface area contributed by atoms with Crippen molar-refractivity contribution in [3.05, 3.63) is 61.2 Å². The van der Waals surface area contributed by atoms with Crippen molar-refractivity contribution >= 4 is 33.6 Å². The summed E-state index contributed by atoms with van der Waals surface area (Å²) < 4.78 is 32.7. The van der Waals surface area contributed by atoms with E-state index in [1.807, 2.05) is 48.5 Å². The van der Waals surface area contributed by atoms with Gasteiger partial charge in [-0.15, -0.1) is 0 Å². The first kappa shape index (κ1) is 25.4. The zero-order valence-corrected chi connectivity index (χ0v) is 19.9. The van der Waals surface area contributed by atoms with Gasteiger partial charge in [-0.2, -0.15) is 0 Å². The maximum Gasteiger partial charge on any atom is 0.412 e. The fraction of sp³-hybridized carbons (Fsp3) is 0.333. The highest BCUT2D eigenvalue weighted by Crippen LogP contribution is 2.42. The minimum Gasteiger partial charge on any atom is -0.489 e. The number of nitrogens with one attached hydrogen (secondary N) is 1. The first-order chi connectivity index (χ1) is 17.7. The number of ether oxygens (including phenoxy) is 6. The summed E-state index contributed by atoms with van der Waals surface area (Å²) in [5, 5.41) is 6.00. The third-order valence-corrected chi connectivity index (χ3v) is 5.37. The van der Waals surface area contributed by atoms with Crippen molar-refractivity contribution < 1.29 is 38.0 Å². The summed E-state index contributed by atoms with van der Waals surface area (Å²) in [4.78, 5) is 23.5.